The molecule has 168 valence electrons. The van der Waals surface area contributed by atoms with E-state index in [0.29, 0.717) is 17.1 Å². The van der Waals surface area contributed by atoms with Gasteiger partial charge in [0.15, 0.2) is 5.82 Å². The predicted molar refractivity (Wildman–Crippen MR) is 126 cm³/mol. The van der Waals surface area contributed by atoms with Crippen LogP contribution < -0.4 is 15.4 Å². The van der Waals surface area contributed by atoms with Crippen LogP contribution in [0.1, 0.15) is 41.4 Å². The lowest BCUT2D eigenvalue weighted by Crippen LogP contribution is -2.45. The molecule has 2 aromatic heterocycles. The van der Waals surface area contributed by atoms with Crippen LogP contribution in [0.3, 0.4) is 0 Å². The number of fused-ring (bicyclic) bond motifs is 1. The zero-order valence-electron chi connectivity index (χ0n) is 18.4. The molecule has 1 aliphatic carbocycles. The van der Waals surface area contributed by atoms with E-state index in [0.717, 1.165) is 38.2 Å². The molecule has 7 heteroatoms. The van der Waals surface area contributed by atoms with Crippen molar-refractivity contribution in [1.29, 1.82) is 0 Å². The Morgan fingerprint density at radius 3 is 2.70 bits per heavy atom. The summed E-state index contributed by atoms with van der Waals surface area (Å²) in [4.78, 5) is 15.3. The molecule has 7 nitrogen and oxygen atoms in total. The van der Waals surface area contributed by atoms with Gasteiger partial charge in [0.05, 0.1) is 12.8 Å². The first-order chi connectivity index (χ1) is 16.2. The van der Waals surface area contributed by atoms with Crippen molar-refractivity contribution >= 4 is 5.82 Å². The number of ether oxygens (including phenoxy) is 1. The first-order valence-corrected chi connectivity index (χ1v) is 11.3. The molecule has 1 saturated heterocycles. The smallest absolute Gasteiger partial charge is 0.152 e. The van der Waals surface area contributed by atoms with E-state index < -0.39 is 0 Å². The van der Waals surface area contributed by atoms with Crippen molar-refractivity contribution < 1.29 is 9.84 Å². The molecule has 2 aliphatic rings. The maximum atomic E-state index is 9.93. The molecule has 1 spiro atoms. The lowest BCUT2D eigenvalue weighted by atomic mass is 9.73. The standard InChI is InChI=1S/C26H27N5O2/c27-24-22-6-2-1-4-19(22)16-26(24)9-13-31(14-10-26)25-23(18-32)30-20(17-29-25)5-3-15-33-21-7-11-28-12-8-21/h1-2,4,6-8,11-12,17,24,32H,9-10,13-16,18,27H2/t24-/m1/s1. The molecule has 1 aromatic carbocycles. The fourth-order valence-electron chi connectivity index (χ4n) is 5.00. The van der Waals surface area contributed by atoms with Crippen LogP contribution in [0.25, 0.3) is 0 Å². The lowest BCUT2D eigenvalue weighted by molar-refractivity contribution is 0.186. The van der Waals surface area contributed by atoms with E-state index in [1.54, 1.807) is 30.7 Å². The van der Waals surface area contributed by atoms with E-state index in [1.165, 1.54) is 11.1 Å². The van der Waals surface area contributed by atoms with Crippen LogP contribution in [0.2, 0.25) is 0 Å². The molecular formula is C26H27N5O2. The molecule has 0 saturated carbocycles. The third kappa shape index (κ3) is 4.28. The Bertz CT molecular complexity index is 1180. The Morgan fingerprint density at radius 2 is 1.94 bits per heavy atom. The topological polar surface area (TPSA) is 97.4 Å². The number of hydrogen-bond acceptors (Lipinski definition) is 7. The van der Waals surface area contributed by atoms with Crippen LogP contribution >= 0.6 is 0 Å². The van der Waals surface area contributed by atoms with Crippen molar-refractivity contribution in [2.24, 2.45) is 11.1 Å². The van der Waals surface area contributed by atoms with Crippen molar-refractivity contribution in [2.45, 2.75) is 31.9 Å². The number of nitrogens with two attached hydrogens (primary N) is 1. The fraction of sp³-hybridized carbons (Fsp3) is 0.346. The van der Waals surface area contributed by atoms with E-state index in [9.17, 15) is 5.11 Å². The number of hydrogen-bond donors (Lipinski definition) is 2. The number of benzene rings is 1. The molecule has 1 aliphatic heterocycles. The van der Waals surface area contributed by atoms with Crippen LogP contribution in [0.5, 0.6) is 5.75 Å². The summed E-state index contributed by atoms with van der Waals surface area (Å²) >= 11 is 0. The van der Waals surface area contributed by atoms with Crippen molar-refractivity contribution in [3.63, 3.8) is 0 Å². The summed E-state index contributed by atoms with van der Waals surface area (Å²) < 4.78 is 5.55. The Labute approximate surface area is 193 Å². The number of aliphatic hydroxyl groups excluding tert-OH is 1. The monoisotopic (exact) mass is 441 g/mol. The minimum atomic E-state index is -0.183. The van der Waals surface area contributed by atoms with Gasteiger partial charge in [0.1, 0.15) is 23.7 Å². The SMILES string of the molecule is N[C@@H]1c2ccccc2CC12CCN(c1ncc(C#CCOc3ccncc3)nc1CO)CC2. The summed E-state index contributed by atoms with van der Waals surface area (Å²) in [5, 5.41) is 9.93. The van der Waals surface area contributed by atoms with Gasteiger partial charge in [-0.25, -0.2) is 9.97 Å². The molecule has 3 heterocycles. The van der Waals surface area contributed by atoms with Crippen molar-refractivity contribution in [1.82, 2.24) is 15.0 Å². The van der Waals surface area contributed by atoms with E-state index in [1.807, 2.05) is 0 Å². The van der Waals surface area contributed by atoms with Crippen LogP contribution in [-0.2, 0) is 13.0 Å². The normalized spacial score (nSPS) is 18.5. The van der Waals surface area contributed by atoms with Gasteiger partial charge in [-0.15, -0.1) is 0 Å². The molecule has 0 amide bonds. The molecule has 5 rings (SSSR count). The number of aliphatic hydroxyl groups is 1. The Morgan fingerprint density at radius 1 is 1.15 bits per heavy atom. The van der Waals surface area contributed by atoms with Crippen molar-refractivity contribution in [2.75, 3.05) is 24.6 Å². The third-order valence-corrected chi connectivity index (χ3v) is 6.80. The highest BCUT2D eigenvalue weighted by Crippen LogP contribution is 2.50. The van der Waals surface area contributed by atoms with Gasteiger partial charge < -0.3 is 20.5 Å². The number of rotatable bonds is 4. The highest BCUT2D eigenvalue weighted by Gasteiger charge is 2.46. The lowest BCUT2D eigenvalue weighted by Gasteiger charge is -2.42. The number of nitrogens with zero attached hydrogens (tertiary/aromatic N) is 4. The highest BCUT2D eigenvalue weighted by molar-refractivity contribution is 5.47. The Kier molecular flexibility index (Phi) is 5.95. The third-order valence-electron chi connectivity index (χ3n) is 6.80. The van der Waals surface area contributed by atoms with Gasteiger partial charge in [0, 0.05) is 31.5 Å². The zero-order valence-corrected chi connectivity index (χ0v) is 18.4. The quantitative estimate of drug-likeness (QED) is 0.601. The van der Waals surface area contributed by atoms with Gasteiger partial charge >= 0.3 is 0 Å². The average molecular weight is 442 g/mol. The predicted octanol–water partition coefficient (Wildman–Crippen LogP) is 2.64. The Balaban J connectivity index is 1.24. The average Bonchev–Trinajstić information content (AvgIpc) is 3.14. The van der Waals surface area contributed by atoms with Crippen molar-refractivity contribution in [3.8, 4) is 17.6 Å². The van der Waals surface area contributed by atoms with Gasteiger partial charge in [-0.3, -0.25) is 4.98 Å². The molecular weight excluding hydrogens is 414 g/mol. The number of anilines is 1. The maximum absolute atomic E-state index is 9.93. The van der Waals surface area contributed by atoms with Crippen molar-refractivity contribution in [3.05, 3.63) is 77.5 Å². The van der Waals surface area contributed by atoms with Crippen LogP contribution in [0, 0.1) is 17.3 Å². The second kappa shape index (κ2) is 9.18. The Hall–Kier alpha value is -3.47. The zero-order chi connectivity index (χ0) is 22.7. The number of aromatic nitrogens is 3. The minimum Gasteiger partial charge on any atom is -0.481 e. The maximum Gasteiger partial charge on any atom is 0.152 e. The van der Waals surface area contributed by atoms with Gasteiger partial charge in [-0.2, -0.15) is 0 Å². The molecule has 33 heavy (non-hydrogen) atoms. The highest BCUT2D eigenvalue weighted by atomic mass is 16.5. The van der Waals surface area contributed by atoms with Crippen LogP contribution in [0.15, 0.2) is 55.0 Å². The molecule has 3 N–H and O–H groups in total. The fourth-order valence-corrected chi connectivity index (χ4v) is 5.00. The summed E-state index contributed by atoms with van der Waals surface area (Å²) in [5.74, 6) is 7.35. The molecule has 0 unspecified atom stereocenters. The van der Waals surface area contributed by atoms with E-state index >= 15 is 0 Å². The summed E-state index contributed by atoms with van der Waals surface area (Å²) in [6.45, 7) is 1.74. The largest absolute Gasteiger partial charge is 0.481 e. The summed E-state index contributed by atoms with van der Waals surface area (Å²) in [7, 11) is 0. The van der Waals surface area contributed by atoms with Gasteiger partial charge in [-0.1, -0.05) is 30.2 Å². The first-order valence-electron chi connectivity index (χ1n) is 11.3. The summed E-state index contributed by atoms with van der Waals surface area (Å²) in [6.07, 6.45) is 8.01. The van der Waals surface area contributed by atoms with Gasteiger partial charge in [-0.05, 0) is 53.9 Å². The van der Waals surface area contributed by atoms with E-state index in [2.05, 4.69) is 56.0 Å². The van der Waals surface area contributed by atoms with Gasteiger partial charge in [0.25, 0.3) is 0 Å². The van der Waals surface area contributed by atoms with E-state index in [-0.39, 0.29) is 24.7 Å². The molecule has 1 atom stereocenters. The van der Waals surface area contributed by atoms with Crippen LogP contribution in [0.4, 0.5) is 5.82 Å². The van der Waals surface area contributed by atoms with Crippen LogP contribution in [-0.4, -0.2) is 39.8 Å². The van der Waals surface area contributed by atoms with Gasteiger partial charge in [0.2, 0.25) is 0 Å². The van der Waals surface area contributed by atoms with E-state index in [4.69, 9.17) is 10.5 Å². The molecule has 0 radical (unpaired) electrons. The first kappa shape index (κ1) is 21.4. The minimum absolute atomic E-state index is 0.0752. The second-order valence-corrected chi connectivity index (χ2v) is 8.66. The molecule has 1 fully saturated rings. The molecule has 3 aromatic rings. The molecule has 0 bridgehead atoms. The number of piperidine rings is 1. The summed E-state index contributed by atoms with van der Waals surface area (Å²) in [5.41, 5.74) is 10.5. The summed E-state index contributed by atoms with van der Waals surface area (Å²) in [6, 6.07) is 12.2. The number of pyridine rings is 1. The second-order valence-electron chi connectivity index (χ2n) is 8.66.